The molecule has 5 nitrogen and oxygen atoms in total. The molecule has 0 saturated carbocycles. The van der Waals surface area contributed by atoms with Gasteiger partial charge in [-0.3, -0.25) is 0 Å². The second-order valence-corrected chi connectivity index (χ2v) is 10.6. The SMILES string of the molecule is COc1ccc(-c2[nH]c3ccc(N4CCC(CCN5CCCC5)CC4)cc3c2C(C)C)cc1OC. The molecule has 0 unspecified atom stereocenters. The molecule has 0 amide bonds. The van der Waals surface area contributed by atoms with Crippen LogP contribution in [0, 0.1) is 5.92 Å². The number of piperidine rings is 1. The second kappa shape index (κ2) is 10.5. The Balaban J connectivity index is 1.36. The number of aromatic nitrogens is 1. The number of benzene rings is 2. The lowest BCUT2D eigenvalue weighted by atomic mass is 9.92. The highest BCUT2D eigenvalue weighted by molar-refractivity contribution is 5.93. The first-order valence-corrected chi connectivity index (χ1v) is 13.4. The number of aromatic amines is 1. The fraction of sp³-hybridized carbons (Fsp3) is 0.533. The minimum Gasteiger partial charge on any atom is -0.493 e. The first kappa shape index (κ1) is 24.1. The molecule has 0 spiro atoms. The van der Waals surface area contributed by atoms with E-state index in [1.165, 1.54) is 92.7 Å². The van der Waals surface area contributed by atoms with Crippen molar-refractivity contribution in [3.8, 4) is 22.8 Å². The Bertz CT molecular complexity index is 1140. The van der Waals surface area contributed by atoms with Crippen LogP contribution in [0.2, 0.25) is 0 Å². The number of hydrogen-bond donors (Lipinski definition) is 1. The number of hydrogen-bond acceptors (Lipinski definition) is 4. The predicted molar refractivity (Wildman–Crippen MR) is 146 cm³/mol. The van der Waals surface area contributed by atoms with Gasteiger partial charge in [-0.25, -0.2) is 0 Å². The van der Waals surface area contributed by atoms with Crippen molar-refractivity contribution in [2.45, 2.75) is 51.9 Å². The zero-order valence-electron chi connectivity index (χ0n) is 21.9. The summed E-state index contributed by atoms with van der Waals surface area (Å²) < 4.78 is 11.0. The van der Waals surface area contributed by atoms with Crippen molar-refractivity contribution in [1.82, 2.24) is 9.88 Å². The van der Waals surface area contributed by atoms with Crippen LogP contribution in [-0.4, -0.2) is 56.8 Å². The maximum absolute atomic E-state index is 5.58. The maximum atomic E-state index is 5.58. The van der Waals surface area contributed by atoms with Crippen molar-refractivity contribution in [3.05, 3.63) is 42.0 Å². The Morgan fingerprint density at radius 3 is 2.34 bits per heavy atom. The van der Waals surface area contributed by atoms with Gasteiger partial charge in [0.2, 0.25) is 0 Å². The van der Waals surface area contributed by atoms with E-state index in [2.05, 4.69) is 59.0 Å². The maximum Gasteiger partial charge on any atom is 0.161 e. The molecule has 2 saturated heterocycles. The van der Waals surface area contributed by atoms with Crippen LogP contribution in [0.25, 0.3) is 22.2 Å². The molecule has 1 N–H and O–H groups in total. The Morgan fingerprint density at radius 2 is 1.66 bits per heavy atom. The van der Waals surface area contributed by atoms with Gasteiger partial charge in [0.1, 0.15) is 0 Å². The van der Waals surface area contributed by atoms with Crippen LogP contribution in [0.15, 0.2) is 36.4 Å². The van der Waals surface area contributed by atoms with E-state index in [1.807, 2.05) is 6.07 Å². The number of H-pyrrole nitrogens is 1. The standard InChI is InChI=1S/C30H41N3O2/c1-21(2)29-25-20-24(33-17-12-22(13-18-33)11-16-32-14-5-6-15-32)8-9-26(25)31-30(29)23-7-10-27(34-3)28(19-23)35-4/h7-10,19-22,31H,5-6,11-18H2,1-4H3. The number of ether oxygens (including phenoxy) is 2. The highest BCUT2D eigenvalue weighted by Gasteiger charge is 2.23. The van der Waals surface area contributed by atoms with Crippen LogP contribution in [0.4, 0.5) is 5.69 Å². The molecule has 2 fully saturated rings. The summed E-state index contributed by atoms with van der Waals surface area (Å²) in [5, 5.41) is 1.33. The van der Waals surface area contributed by atoms with Gasteiger partial charge in [-0.15, -0.1) is 0 Å². The lowest BCUT2D eigenvalue weighted by Crippen LogP contribution is -2.35. The molecule has 1 aromatic heterocycles. The number of fused-ring (bicyclic) bond motifs is 1. The normalized spacial score (nSPS) is 17.6. The highest BCUT2D eigenvalue weighted by atomic mass is 16.5. The van der Waals surface area contributed by atoms with E-state index in [0.717, 1.165) is 23.0 Å². The first-order chi connectivity index (χ1) is 17.1. The van der Waals surface area contributed by atoms with Crippen LogP contribution < -0.4 is 14.4 Å². The van der Waals surface area contributed by atoms with E-state index in [4.69, 9.17) is 9.47 Å². The van der Waals surface area contributed by atoms with Gasteiger partial charge in [-0.1, -0.05) is 13.8 Å². The molecule has 188 valence electrons. The quantitative estimate of drug-likeness (QED) is 0.395. The molecule has 0 aliphatic carbocycles. The number of rotatable bonds is 8. The average Bonchev–Trinajstić information content (AvgIpc) is 3.55. The minimum atomic E-state index is 0.401. The molecule has 35 heavy (non-hydrogen) atoms. The lowest BCUT2D eigenvalue weighted by Gasteiger charge is -2.34. The van der Waals surface area contributed by atoms with Gasteiger partial charge in [0, 0.05) is 35.2 Å². The van der Waals surface area contributed by atoms with Crippen molar-refractivity contribution in [3.63, 3.8) is 0 Å². The van der Waals surface area contributed by atoms with Gasteiger partial charge >= 0.3 is 0 Å². The minimum absolute atomic E-state index is 0.401. The fourth-order valence-electron chi connectivity index (χ4n) is 6.07. The summed E-state index contributed by atoms with van der Waals surface area (Å²) in [7, 11) is 3.37. The van der Waals surface area contributed by atoms with Crippen molar-refractivity contribution >= 4 is 16.6 Å². The second-order valence-electron chi connectivity index (χ2n) is 10.6. The summed E-state index contributed by atoms with van der Waals surface area (Å²) in [4.78, 5) is 8.97. The van der Waals surface area contributed by atoms with Gasteiger partial charge in [-0.05, 0) is 106 Å². The Morgan fingerprint density at radius 1 is 0.914 bits per heavy atom. The summed E-state index contributed by atoms with van der Waals surface area (Å²) in [6.07, 6.45) is 6.79. The van der Waals surface area contributed by atoms with Gasteiger partial charge in [0.05, 0.1) is 19.9 Å². The van der Waals surface area contributed by atoms with E-state index in [1.54, 1.807) is 14.2 Å². The Labute approximate surface area is 210 Å². The predicted octanol–water partition coefficient (Wildman–Crippen LogP) is 6.68. The highest BCUT2D eigenvalue weighted by Crippen LogP contribution is 2.40. The monoisotopic (exact) mass is 475 g/mol. The molecular weight excluding hydrogens is 434 g/mol. The zero-order chi connectivity index (χ0) is 24.4. The fourth-order valence-corrected chi connectivity index (χ4v) is 6.07. The average molecular weight is 476 g/mol. The summed E-state index contributed by atoms with van der Waals surface area (Å²) in [5.41, 5.74) is 6.23. The topological polar surface area (TPSA) is 40.7 Å². The summed E-state index contributed by atoms with van der Waals surface area (Å²) in [6.45, 7) is 10.8. The van der Waals surface area contributed by atoms with Crippen molar-refractivity contribution in [2.24, 2.45) is 5.92 Å². The van der Waals surface area contributed by atoms with Crippen LogP contribution >= 0.6 is 0 Å². The Hall–Kier alpha value is -2.66. The summed E-state index contributed by atoms with van der Waals surface area (Å²) in [5.74, 6) is 2.79. The summed E-state index contributed by atoms with van der Waals surface area (Å²) in [6, 6.07) is 13.2. The van der Waals surface area contributed by atoms with Gasteiger partial charge in [-0.2, -0.15) is 0 Å². The van der Waals surface area contributed by atoms with Crippen LogP contribution in [0.1, 0.15) is 57.4 Å². The molecule has 0 bridgehead atoms. The van der Waals surface area contributed by atoms with E-state index >= 15 is 0 Å². The van der Waals surface area contributed by atoms with Crippen molar-refractivity contribution < 1.29 is 9.47 Å². The number of nitrogens with zero attached hydrogens (tertiary/aromatic N) is 2. The molecule has 2 aliphatic rings. The number of likely N-dealkylation sites (tertiary alicyclic amines) is 1. The number of anilines is 1. The number of methoxy groups -OCH3 is 2. The lowest BCUT2D eigenvalue weighted by molar-refractivity contribution is 0.280. The molecule has 0 atom stereocenters. The van der Waals surface area contributed by atoms with Crippen LogP contribution in [-0.2, 0) is 0 Å². The molecule has 2 aliphatic heterocycles. The van der Waals surface area contributed by atoms with E-state index in [0.29, 0.717) is 5.92 Å². The zero-order valence-corrected chi connectivity index (χ0v) is 21.9. The first-order valence-electron chi connectivity index (χ1n) is 13.4. The molecular formula is C30H41N3O2. The van der Waals surface area contributed by atoms with E-state index < -0.39 is 0 Å². The van der Waals surface area contributed by atoms with Gasteiger partial charge in [0.15, 0.2) is 11.5 Å². The van der Waals surface area contributed by atoms with E-state index in [9.17, 15) is 0 Å². The van der Waals surface area contributed by atoms with Gasteiger partial charge < -0.3 is 24.3 Å². The Kier molecular flexibility index (Phi) is 7.24. The van der Waals surface area contributed by atoms with Gasteiger partial charge in [0.25, 0.3) is 0 Å². The van der Waals surface area contributed by atoms with Crippen LogP contribution in [0.3, 0.4) is 0 Å². The smallest absolute Gasteiger partial charge is 0.161 e. The van der Waals surface area contributed by atoms with Crippen molar-refractivity contribution in [1.29, 1.82) is 0 Å². The molecule has 5 rings (SSSR count). The largest absolute Gasteiger partial charge is 0.493 e. The number of nitrogens with one attached hydrogen (secondary N) is 1. The molecule has 3 heterocycles. The molecule has 2 aromatic carbocycles. The molecule has 3 aromatic rings. The summed E-state index contributed by atoms with van der Waals surface area (Å²) >= 11 is 0. The third-order valence-electron chi connectivity index (χ3n) is 8.10. The molecule has 5 heteroatoms. The van der Waals surface area contributed by atoms with Crippen LogP contribution in [0.5, 0.6) is 11.5 Å². The van der Waals surface area contributed by atoms with E-state index in [-0.39, 0.29) is 0 Å². The molecule has 0 radical (unpaired) electrons. The third kappa shape index (κ3) is 5.02. The third-order valence-corrected chi connectivity index (χ3v) is 8.10. The van der Waals surface area contributed by atoms with Crippen molar-refractivity contribution in [2.75, 3.05) is 51.8 Å².